The van der Waals surface area contributed by atoms with E-state index in [-0.39, 0.29) is 6.04 Å². The van der Waals surface area contributed by atoms with Crippen molar-refractivity contribution >= 4 is 11.6 Å². The molecule has 4 nitrogen and oxygen atoms in total. The van der Waals surface area contributed by atoms with Crippen LogP contribution in [0.4, 0.5) is 0 Å². The van der Waals surface area contributed by atoms with Gasteiger partial charge in [-0.1, -0.05) is 17.7 Å². The van der Waals surface area contributed by atoms with Crippen molar-refractivity contribution in [2.45, 2.75) is 19.1 Å². The van der Waals surface area contributed by atoms with Crippen LogP contribution in [0.25, 0.3) is 0 Å². The first-order chi connectivity index (χ1) is 10.2. The Morgan fingerprint density at radius 3 is 2.90 bits per heavy atom. The van der Waals surface area contributed by atoms with E-state index in [0.717, 1.165) is 40.7 Å². The lowest BCUT2D eigenvalue weighted by molar-refractivity contribution is 0.207. The summed E-state index contributed by atoms with van der Waals surface area (Å²) >= 11 is 6.39. The quantitative estimate of drug-likeness (QED) is 0.943. The fourth-order valence-corrected chi connectivity index (χ4v) is 3.26. The highest BCUT2D eigenvalue weighted by atomic mass is 35.5. The summed E-state index contributed by atoms with van der Waals surface area (Å²) in [5.74, 6) is 0.872. The fourth-order valence-electron chi connectivity index (χ4n) is 2.96. The molecule has 0 saturated carbocycles. The van der Waals surface area contributed by atoms with Crippen molar-refractivity contribution in [2.75, 3.05) is 13.7 Å². The van der Waals surface area contributed by atoms with E-state index in [1.807, 2.05) is 36.5 Å². The lowest BCUT2D eigenvalue weighted by Crippen LogP contribution is -2.28. The maximum absolute atomic E-state index is 6.39. The smallest absolute Gasteiger partial charge is 0.123 e. The number of aromatic nitrogens is 1. The fraction of sp³-hybridized carbons (Fsp3) is 0.312. The Kier molecular flexibility index (Phi) is 4.10. The van der Waals surface area contributed by atoms with Gasteiger partial charge in [0.15, 0.2) is 0 Å². The van der Waals surface area contributed by atoms with E-state index < -0.39 is 0 Å². The van der Waals surface area contributed by atoms with E-state index in [2.05, 4.69) is 9.88 Å². The number of fused-ring (bicyclic) bond motifs is 1. The van der Waals surface area contributed by atoms with Crippen molar-refractivity contribution in [3.63, 3.8) is 0 Å². The van der Waals surface area contributed by atoms with Crippen LogP contribution in [0.1, 0.15) is 22.9 Å². The summed E-state index contributed by atoms with van der Waals surface area (Å²) < 4.78 is 5.46. The molecule has 2 heterocycles. The van der Waals surface area contributed by atoms with E-state index in [4.69, 9.17) is 22.1 Å². The molecule has 0 radical (unpaired) electrons. The zero-order valence-electron chi connectivity index (χ0n) is 11.9. The molecule has 0 fully saturated rings. The summed E-state index contributed by atoms with van der Waals surface area (Å²) in [5, 5.41) is 0.754. The number of hydrogen-bond acceptors (Lipinski definition) is 4. The number of benzene rings is 1. The molecule has 0 saturated heterocycles. The highest BCUT2D eigenvalue weighted by Gasteiger charge is 2.33. The summed E-state index contributed by atoms with van der Waals surface area (Å²) in [6, 6.07) is 9.84. The second kappa shape index (κ2) is 6.02. The van der Waals surface area contributed by atoms with E-state index in [1.54, 1.807) is 7.11 Å². The van der Waals surface area contributed by atoms with Gasteiger partial charge in [-0.05, 0) is 29.8 Å². The van der Waals surface area contributed by atoms with Gasteiger partial charge in [0.1, 0.15) is 5.75 Å². The predicted octanol–water partition coefficient (Wildman–Crippen LogP) is 2.76. The van der Waals surface area contributed by atoms with Crippen LogP contribution in [0.3, 0.4) is 0 Å². The highest BCUT2D eigenvalue weighted by Crippen LogP contribution is 2.42. The predicted molar refractivity (Wildman–Crippen MR) is 83.3 cm³/mol. The Bertz CT molecular complexity index is 633. The van der Waals surface area contributed by atoms with Crippen molar-refractivity contribution in [2.24, 2.45) is 5.73 Å². The molecule has 3 rings (SSSR count). The summed E-state index contributed by atoms with van der Waals surface area (Å²) in [6.45, 7) is 2.04. The monoisotopic (exact) mass is 303 g/mol. The first-order valence-electron chi connectivity index (χ1n) is 6.94. The molecule has 110 valence electrons. The van der Waals surface area contributed by atoms with Gasteiger partial charge in [-0.2, -0.15) is 0 Å². The van der Waals surface area contributed by atoms with E-state index in [1.165, 1.54) is 0 Å². The SMILES string of the molecule is COc1ccc(Cl)c2c1CN(Cc1ccccn1)C2CN. The number of nitrogens with zero attached hydrogens (tertiary/aromatic N) is 2. The number of ether oxygens (including phenoxy) is 1. The van der Waals surface area contributed by atoms with Gasteiger partial charge in [-0.25, -0.2) is 0 Å². The molecule has 0 amide bonds. The number of nitrogens with two attached hydrogens (primary N) is 1. The molecule has 2 aromatic rings. The van der Waals surface area contributed by atoms with Gasteiger partial charge in [0.25, 0.3) is 0 Å². The topological polar surface area (TPSA) is 51.4 Å². The van der Waals surface area contributed by atoms with Crippen LogP contribution in [0.15, 0.2) is 36.5 Å². The van der Waals surface area contributed by atoms with Gasteiger partial charge >= 0.3 is 0 Å². The normalized spacial score (nSPS) is 17.8. The Hall–Kier alpha value is -1.62. The van der Waals surface area contributed by atoms with Crippen molar-refractivity contribution in [3.8, 4) is 5.75 Å². The maximum atomic E-state index is 6.39. The first kappa shape index (κ1) is 14.3. The first-order valence-corrected chi connectivity index (χ1v) is 7.31. The van der Waals surface area contributed by atoms with E-state index in [9.17, 15) is 0 Å². The lowest BCUT2D eigenvalue weighted by Gasteiger charge is -2.23. The summed E-state index contributed by atoms with van der Waals surface area (Å²) in [5.41, 5.74) is 9.25. The molecule has 2 N–H and O–H groups in total. The Morgan fingerprint density at radius 1 is 1.38 bits per heavy atom. The van der Waals surface area contributed by atoms with Crippen LogP contribution in [0.2, 0.25) is 5.02 Å². The third kappa shape index (κ3) is 2.62. The molecule has 5 heteroatoms. The largest absolute Gasteiger partial charge is 0.496 e. The molecular formula is C16H18ClN3O. The molecule has 1 aliphatic rings. The molecule has 0 bridgehead atoms. The third-order valence-electron chi connectivity index (χ3n) is 3.93. The van der Waals surface area contributed by atoms with Crippen LogP contribution in [-0.4, -0.2) is 23.5 Å². The molecule has 1 aromatic heterocycles. The zero-order valence-corrected chi connectivity index (χ0v) is 12.7. The Labute approximate surface area is 129 Å². The lowest BCUT2D eigenvalue weighted by atomic mass is 10.0. The zero-order chi connectivity index (χ0) is 14.8. The molecular weight excluding hydrogens is 286 g/mol. The molecule has 1 aromatic carbocycles. The second-order valence-corrected chi connectivity index (χ2v) is 5.53. The molecule has 1 aliphatic heterocycles. The summed E-state index contributed by atoms with van der Waals surface area (Å²) in [7, 11) is 1.68. The number of halogens is 1. The van der Waals surface area contributed by atoms with Gasteiger partial charge in [0.2, 0.25) is 0 Å². The molecule has 1 unspecified atom stereocenters. The van der Waals surface area contributed by atoms with Crippen LogP contribution >= 0.6 is 11.6 Å². The van der Waals surface area contributed by atoms with Gasteiger partial charge in [0, 0.05) is 42.5 Å². The maximum Gasteiger partial charge on any atom is 0.123 e. The van der Waals surface area contributed by atoms with Crippen LogP contribution in [-0.2, 0) is 13.1 Å². The van der Waals surface area contributed by atoms with Crippen molar-refractivity contribution in [1.82, 2.24) is 9.88 Å². The minimum Gasteiger partial charge on any atom is -0.496 e. The average Bonchev–Trinajstić information content (AvgIpc) is 2.88. The minimum atomic E-state index is 0.101. The van der Waals surface area contributed by atoms with Gasteiger partial charge in [0.05, 0.1) is 12.8 Å². The van der Waals surface area contributed by atoms with Gasteiger partial charge < -0.3 is 10.5 Å². The van der Waals surface area contributed by atoms with Crippen LogP contribution in [0, 0.1) is 0 Å². The van der Waals surface area contributed by atoms with E-state index >= 15 is 0 Å². The number of rotatable bonds is 4. The molecule has 0 spiro atoms. The Balaban J connectivity index is 1.94. The number of pyridine rings is 1. The highest BCUT2D eigenvalue weighted by molar-refractivity contribution is 6.31. The molecule has 0 aliphatic carbocycles. The van der Waals surface area contributed by atoms with Gasteiger partial charge in [-0.3, -0.25) is 9.88 Å². The number of hydrogen-bond donors (Lipinski definition) is 1. The van der Waals surface area contributed by atoms with E-state index in [0.29, 0.717) is 6.54 Å². The standard InChI is InChI=1S/C16H18ClN3O/c1-21-15-6-5-13(17)16-12(15)10-20(14(16)8-18)9-11-4-2-3-7-19-11/h2-7,14H,8-10,18H2,1H3. The number of methoxy groups -OCH3 is 1. The average molecular weight is 304 g/mol. The van der Waals surface area contributed by atoms with Gasteiger partial charge in [-0.15, -0.1) is 0 Å². The van der Waals surface area contributed by atoms with Crippen LogP contribution in [0.5, 0.6) is 5.75 Å². The summed E-state index contributed by atoms with van der Waals surface area (Å²) in [4.78, 5) is 6.69. The molecule has 21 heavy (non-hydrogen) atoms. The summed E-state index contributed by atoms with van der Waals surface area (Å²) in [6.07, 6.45) is 1.81. The van der Waals surface area contributed by atoms with Crippen molar-refractivity contribution < 1.29 is 4.74 Å². The minimum absolute atomic E-state index is 0.101. The second-order valence-electron chi connectivity index (χ2n) is 5.12. The van der Waals surface area contributed by atoms with Crippen molar-refractivity contribution in [3.05, 3.63) is 58.4 Å². The molecule has 1 atom stereocenters. The third-order valence-corrected chi connectivity index (χ3v) is 4.26. The van der Waals surface area contributed by atoms with Crippen molar-refractivity contribution in [1.29, 1.82) is 0 Å². The van der Waals surface area contributed by atoms with Crippen LogP contribution < -0.4 is 10.5 Å². The Morgan fingerprint density at radius 2 is 2.24 bits per heavy atom.